The van der Waals surface area contributed by atoms with Crippen molar-refractivity contribution in [1.82, 2.24) is 29.7 Å². The van der Waals surface area contributed by atoms with Crippen molar-refractivity contribution in [2.45, 2.75) is 12.8 Å². The Morgan fingerprint density at radius 1 is 1.35 bits per heavy atom. The molecule has 0 aromatic carbocycles. The van der Waals surface area contributed by atoms with E-state index in [2.05, 4.69) is 25.8 Å². The van der Waals surface area contributed by atoms with E-state index >= 15 is 0 Å². The monoisotopic (exact) mass is 317 g/mol. The van der Waals surface area contributed by atoms with Gasteiger partial charge in [0.15, 0.2) is 5.65 Å². The van der Waals surface area contributed by atoms with E-state index < -0.39 is 11.8 Å². The highest BCUT2D eigenvalue weighted by Gasteiger charge is 2.08. The van der Waals surface area contributed by atoms with Gasteiger partial charge in [0, 0.05) is 19.8 Å². The van der Waals surface area contributed by atoms with E-state index in [1.165, 1.54) is 22.8 Å². The maximum atomic E-state index is 13.1. The van der Waals surface area contributed by atoms with Crippen LogP contribution >= 0.6 is 0 Å². The molecule has 0 fully saturated rings. The highest BCUT2D eigenvalue weighted by Crippen LogP contribution is 2.06. The summed E-state index contributed by atoms with van der Waals surface area (Å²) in [6.07, 6.45) is 6.57. The first-order chi connectivity index (χ1) is 11.1. The second kappa shape index (κ2) is 6.42. The van der Waals surface area contributed by atoms with Gasteiger partial charge in [-0.15, -0.1) is 5.10 Å². The summed E-state index contributed by atoms with van der Waals surface area (Å²) in [6, 6.07) is 2.37. The number of hydrogen-bond donors (Lipinski definition) is 2. The number of hydrogen-bond acceptors (Lipinski definition) is 4. The van der Waals surface area contributed by atoms with Crippen molar-refractivity contribution in [3.05, 3.63) is 42.1 Å². The molecule has 3 heterocycles. The topological polar surface area (TPSA) is 89.1 Å². The Kier molecular flexibility index (Phi) is 4.18. The minimum absolute atomic E-state index is 0.125. The molecule has 0 aliphatic rings. The van der Waals surface area contributed by atoms with Gasteiger partial charge in [-0.3, -0.25) is 10.00 Å². The average molecular weight is 317 g/mol. The van der Waals surface area contributed by atoms with Crippen molar-refractivity contribution in [1.29, 1.82) is 0 Å². The fraction of sp³-hybridized carbons (Fsp3) is 0.286. The van der Waals surface area contributed by atoms with Gasteiger partial charge in [-0.25, -0.2) is 13.7 Å². The molecule has 2 N–H and O–H groups in total. The third kappa shape index (κ3) is 3.82. The molecule has 0 spiro atoms. The summed E-state index contributed by atoms with van der Waals surface area (Å²) in [7, 11) is 1.86. The minimum atomic E-state index is -0.422. The minimum Gasteiger partial charge on any atom is -0.338 e. The lowest BCUT2D eigenvalue weighted by Gasteiger charge is -2.03. The largest absolute Gasteiger partial charge is 0.338 e. The number of pyridine rings is 1. The summed E-state index contributed by atoms with van der Waals surface area (Å²) < 4.78 is 16.1. The number of carbonyl (C=O) groups is 1. The summed E-state index contributed by atoms with van der Waals surface area (Å²) in [4.78, 5) is 15.8. The molecule has 0 aliphatic carbocycles. The molecule has 8 nitrogen and oxygen atoms in total. The third-order valence-corrected chi connectivity index (χ3v) is 3.21. The van der Waals surface area contributed by atoms with E-state index in [0.29, 0.717) is 12.2 Å². The molecule has 0 bridgehead atoms. The lowest BCUT2D eigenvalue weighted by atomic mass is 10.2. The van der Waals surface area contributed by atoms with Crippen molar-refractivity contribution in [3.8, 4) is 0 Å². The zero-order valence-electron chi connectivity index (χ0n) is 12.5. The second-order valence-corrected chi connectivity index (χ2v) is 5.09. The number of fused-ring (bicyclic) bond motifs is 1. The molecule has 9 heteroatoms. The van der Waals surface area contributed by atoms with Crippen LogP contribution in [0.2, 0.25) is 0 Å². The predicted molar refractivity (Wildman–Crippen MR) is 81.5 cm³/mol. The zero-order chi connectivity index (χ0) is 16.2. The van der Waals surface area contributed by atoms with Gasteiger partial charge in [0.1, 0.15) is 5.82 Å². The van der Waals surface area contributed by atoms with Crippen LogP contribution in [0.4, 0.5) is 15.1 Å². The molecule has 3 rings (SSSR count). The Morgan fingerprint density at radius 2 is 2.22 bits per heavy atom. The van der Waals surface area contributed by atoms with Gasteiger partial charge in [-0.2, -0.15) is 10.1 Å². The number of halogens is 1. The summed E-state index contributed by atoms with van der Waals surface area (Å²) in [5, 5.41) is 13.3. The Labute approximate surface area is 131 Å². The van der Waals surface area contributed by atoms with Gasteiger partial charge < -0.3 is 5.32 Å². The zero-order valence-corrected chi connectivity index (χ0v) is 12.5. The van der Waals surface area contributed by atoms with Crippen molar-refractivity contribution < 1.29 is 9.18 Å². The standard InChI is InChI=1S/C14H16FN7O/c1-21-8-10(7-17-21)3-2-6-16-14(23)19-13-18-12-5-4-11(15)9-22(12)20-13/h4-5,7-9H,2-3,6H2,1H3,(H2,16,19,20,23). The first-order valence-electron chi connectivity index (χ1n) is 7.14. The quantitative estimate of drug-likeness (QED) is 0.695. The fourth-order valence-corrected chi connectivity index (χ4v) is 2.15. The van der Waals surface area contributed by atoms with Gasteiger partial charge in [0.25, 0.3) is 5.95 Å². The van der Waals surface area contributed by atoms with E-state index in [4.69, 9.17) is 0 Å². The summed E-state index contributed by atoms with van der Waals surface area (Å²) in [6.45, 7) is 0.517. The van der Waals surface area contributed by atoms with Crippen LogP contribution in [0.3, 0.4) is 0 Å². The van der Waals surface area contributed by atoms with Crippen LogP contribution < -0.4 is 10.6 Å². The average Bonchev–Trinajstić information content (AvgIpc) is 3.08. The number of aryl methyl sites for hydroxylation is 2. The molecule has 3 aromatic rings. The Balaban J connectivity index is 1.46. The van der Waals surface area contributed by atoms with E-state index in [0.717, 1.165) is 18.4 Å². The summed E-state index contributed by atoms with van der Waals surface area (Å²) in [5.41, 5.74) is 1.58. The third-order valence-electron chi connectivity index (χ3n) is 3.21. The number of carbonyl (C=O) groups excluding carboxylic acids is 1. The summed E-state index contributed by atoms with van der Waals surface area (Å²) >= 11 is 0. The highest BCUT2D eigenvalue weighted by molar-refractivity contribution is 5.87. The maximum Gasteiger partial charge on any atom is 0.321 e. The van der Waals surface area contributed by atoms with Crippen LogP contribution in [-0.4, -0.2) is 37.0 Å². The SMILES string of the molecule is Cn1cc(CCCNC(=O)Nc2nc3ccc(F)cn3n2)cn1. The van der Waals surface area contributed by atoms with E-state index in [9.17, 15) is 9.18 Å². The van der Waals surface area contributed by atoms with Crippen LogP contribution in [0.25, 0.3) is 5.65 Å². The molecule has 120 valence electrons. The van der Waals surface area contributed by atoms with Crippen LogP contribution in [0, 0.1) is 5.82 Å². The van der Waals surface area contributed by atoms with Crippen molar-refractivity contribution >= 4 is 17.6 Å². The lowest BCUT2D eigenvalue weighted by Crippen LogP contribution is -2.30. The van der Waals surface area contributed by atoms with Crippen molar-refractivity contribution in [2.24, 2.45) is 7.05 Å². The molecule has 2 amide bonds. The van der Waals surface area contributed by atoms with E-state index in [-0.39, 0.29) is 5.95 Å². The first kappa shape index (κ1) is 14.9. The molecular weight excluding hydrogens is 301 g/mol. The molecule has 23 heavy (non-hydrogen) atoms. The van der Waals surface area contributed by atoms with Gasteiger partial charge in [0.2, 0.25) is 0 Å². The molecule has 0 unspecified atom stereocenters. The molecular formula is C14H16FN7O. The lowest BCUT2D eigenvalue weighted by molar-refractivity contribution is 0.252. The Hall–Kier alpha value is -2.97. The maximum absolute atomic E-state index is 13.1. The van der Waals surface area contributed by atoms with Gasteiger partial charge in [0.05, 0.1) is 12.4 Å². The molecule has 0 saturated heterocycles. The molecule has 3 aromatic heterocycles. The Morgan fingerprint density at radius 3 is 3.00 bits per heavy atom. The van der Waals surface area contributed by atoms with Crippen LogP contribution in [0.15, 0.2) is 30.7 Å². The number of nitrogens with zero attached hydrogens (tertiary/aromatic N) is 5. The van der Waals surface area contributed by atoms with Crippen LogP contribution in [0.5, 0.6) is 0 Å². The van der Waals surface area contributed by atoms with Gasteiger partial charge >= 0.3 is 6.03 Å². The number of urea groups is 1. The molecule has 0 radical (unpaired) electrons. The summed E-state index contributed by atoms with van der Waals surface area (Å²) in [5.74, 6) is -0.297. The van der Waals surface area contributed by atoms with Crippen molar-refractivity contribution in [3.63, 3.8) is 0 Å². The van der Waals surface area contributed by atoms with Crippen LogP contribution in [0.1, 0.15) is 12.0 Å². The number of rotatable bonds is 5. The second-order valence-electron chi connectivity index (χ2n) is 5.09. The highest BCUT2D eigenvalue weighted by atomic mass is 19.1. The smallest absolute Gasteiger partial charge is 0.321 e. The molecule has 0 aliphatic heterocycles. The molecule has 0 saturated carbocycles. The number of aromatic nitrogens is 5. The predicted octanol–water partition coefficient (Wildman–Crippen LogP) is 1.36. The van der Waals surface area contributed by atoms with Crippen molar-refractivity contribution in [2.75, 3.05) is 11.9 Å². The Bertz CT molecular complexity index is 826. The van der Waals surface area contributed by atoms with Crippen LogP contribution in [-0.2, 0) is 13.5 Å². The number of amides is 2. The fourth-order valence-electron chi connectivity index (χ4n) is 2.15. The number of nitrogens with one attached hydrogen (secondary N) is 2. The van der Waals surface area contributed by atoms with E-state index in [1.54, 1.807) is 10.9 Å². The first-order valence-corrected chi connectivity index (χ1v) is 7.14. The number of anilines is 1. The van der Waals surface area contributed by atoms with Gasteiger partial charge in [-0.1, -0.05) is 0 Å². The molecule has 0 atom stereocenters. The van der Waals surface area contributed by atoms with Gasteiger partial charge in [-0.05, 0) is 30.5 Å². The normalized spacial score (nSPS) is 10.9. The van der Waals surface area contributed by atoms with E-state index in [1.807, 2.05) is 13.2 Å².